The molecule has 0 spiro atoms. The number of ether oxygens (including phenoxy) is 1. The fourth-order valence-corrected chi connectivity index (χ4v) is 8.43. The summed E-state index contributed by atoms with van der Waals surface area (Å²) in [5, 5.41) is 12.7. The van der Waals surface area contributed by atoms with E-state index in [0.717, 1.165) is 67.2 Å². The van der Waals surface area contributed by atoms with Crippen LogP contribution in [-0.2, 0) is 16.0 Å². The molecular formula is C41H34ClN7O5S. The molecule has 276 valence electrons. The van der Waals surface area contributed by atoms with Crippen LogP contribution in [0.15, 0.2) is 65.8 Å². The Hall–Kier alpha value is -5.97. The van der Waals surface area contributed by atoms with Crippen molar-refractivity contribution in [1.29, 1.82) is 0 Å². The second-order valence-electron chi connectivity index (χ2n) is 13.6. The number of halogens is 1. The Kier molecular flexibility index (Phi) is 9.63. The van der Waals surface area contributed by atoms with Gasteiger partial charge in [0.15, 0.2) is 5.82 Å². The quantitative estimate of drug-likeness (QED) is 0.113. The summed E-state index contributed by atoms with van der Waals surface area (Å²) >= 11 is 7.81. The van der Waals surface area contributed by atoms with Crippen molar-refractivity contribution < 1.29 is 23.9 Å². The van der Waals surface area contributed by atoms with Crippen molar-refractivity contribution in [2.45, 2.75) is 65.0 Å². The summed E-state index contributed by atoms with van der Waals surface area (Å²) in [6.45, 7) is 6.37. The first kappa shape index (κ1) is 36.0. The number of unbranched alkanes of at least 4 members (excludes halogenated alkanes) is 1. The third-order valence-corrected chi connectivity index (χ3v) is 11.4. The van der Waals surface area contributed by atoms with Gasteiger partial charge in [-0.1, -0.05) is 35.9 Å². The molecule has 1 saturated heterocycles. The van der Waals surface area contributed by atoms with Gasteiger partial charge in [-0.05, 0) is 99.8 Å². The van der Waals surface area contributed by atoms with Crippen LogP contribution in [0.3, 0.4) is 0 Å². The zero-order valence-electron chi connectivity index (χ0n) is 30.2. The molecule has 3 aliphatic heterocycles. The summed E-state index contributed by atoms with van der Waals surface area (Å²) in [6.07, 6.45) is 4.25. The van der Waals surface area contributed by atoms with Crippen LogP contribution in [0.5, 0.6) is 5.75 Å². The molecule has 14 heteroatoms. The molecule has 1 fully saturated rings. The van der Waals surface area contributed by atoms with Crippen molar-refractivity contribution in [3.05, 3.63) is 121 Å². The third-order valence-electron chi connectivity index (χ3n) is 9.91. The lowest BCUT2D eigenvalue weighted by atomic mass is 9.99. The molecule has 0 saturated carbocycles. The Morgan fingerprint density at radius 1 is 0.964 bits per heavy atom. The average Bonchev–Trinajstić information content (AvgIpc) is 3.77. The highest BCUT2D eigenvalue weighted by atomic mass is 35.5. The van der Waals surface area contributed by atoms with E-state index in [1.165, 1.54) is 0 Å². The van der Waals surface area contributed by atoms with Crippen LogP contribution in [0.4, 0.5) is 0 Å². The number of carbonyl (C=O) groups excluding carboxylic acids is 4. The van der Waals surface area contributed by atoms with E-state index in [4.69, 9.17) is 21.3 Å². The Morgan fingerprint density at radius 3 is 2.55 bits per heavy atom. The maximum absolute atomic E-state index is 13.3. The molecule has 3 aromatic heterocycles. The minimum Gasteiger partial charge on any atom is -0.493 e. The van der Waals surface area contributed by atoms with Gasteiger partial charge < -0.3 is 4.74 Å². The normalized spacial score (nSPS) is 17.5. The number of hydrogen-bond donors (Lipinski definition) is 1. The Labute approximate surface area is 325 Å². The topological polar surface area (TPSA) is 149 Å². The summed E-state index contributed by atoms with van der Waals surface area (Å²) in [5.41, 5.74) is 5.91. The predicted octanol–water partition coefficient (Wildman–Crippen LogP) is 6.11. The highest BCUT2D eigenvalue weighted by Gasteiger charge is 2.46. The van der Waals surface area contributed by atoms with E-state index in [1.54, 1.807) is 29.5 Å². The minimum absolute atomic E-state index is 0.0596. The van der Waals surface area contributed by atoms with Crippen LogP contribution in [0, 0.1) is 25.7 Å². The van der Waals surface area contributed by atoms with Crippen molar-refractivity contribution in [2.75, 3.05) is 6.61 Å². The number of amides is 4. The molecule has 5 aromatic rings. The number of nitrogens with zero attached hydrogens (tertiary/aromatic N) is 6. The van der Waals surface area contributed by atoms with E-state index in [2.05, 4.69) is 43.8 Å². The monoisotopic (exact) mass is 771 g/mol. The van der Waals surface area contributed by atoms with E-state index >= 15 is 0 Å². The number of aromatic nitrogens is 4. The average molecular weight is 772 g/mol. The van der Waals surface area contributed by atoms with Gasteiger partial charge in [-0.2, -0.15) is 0 Å². The van der Waals surface area contributed by atoms with Crippen molar-refractivity contribution in [3.63, 3.8) is 0 Å². The number of hydrogen-bond acceptors (Lipinski definition) is 10. The predicted molar refractivity (Wildman–Crippen MR) is 206 cm³/mol. The molecule has 0 aliphatic carbocycles. The number of benzene rings is 2. The summed E-state index contributed by atoms with van der Waals surface area (Å²) in [5.74, 6) is 6.26. The van der Waals surface area contributed by atoms with E-state index in [-0.39, 0.29) is 30.0 Å². The number of fused-ring (bicyclic) bond motifs is 4. The smallest absolute Gasteiger partial charge is 0.266 e. The van der Waals surface area contributed by atoms with Crippen LogP contribution in [0.2, 0.25) is 5.02 Å². The van der Waals surface area contributed by atoms with Gasteiger partial charge in [0.1, 0.15) is 34.4 Å². The van der Waals surface area contributed by atoms with Gasteiger partial charge in [-0.3, -0.25) is 39.0 Å². The third kappa shape index (κ3) is 6.72. The summed E-state index contributed by atoms with van der Waals surface area (Å²) in [4.78, 5) is 62.0. The van der Waals surface area contributed by atoms with Gasteiger partial charge in [-0.15, -0.1) is 21.5 Å². The summed E-state index contributed by atoms with van der Waals surface area (Å²) in [7, 11) is 0. The fraction of sp³-hybridized carbons (Fsp3) is 0.268. The molecule has 55 heavy (non-hydrogen) atoms. The van der Waals surface area contributed by atoms with Crippen molar-refractivity contribution in [3.8, 4) is 22.6 Å². The van der Waals surface area contributed by atoms with Gasteiger partial charge in [0.2, 0.25) is 11.8 Å². The standard InChI is InChI=1S/C41H34ClN7O5S/c1-22-32(55-41-34(22)36(26-11-13-27(42)14-12-26)44-23(2)37-47-46-24(3)48(37)41)18-16-28-15-10-25(21-43-28)7-4-5-20-54-31-9-6-8-29-35(31)40(53)49(39(29)52)30-17-19-33(50)45-38(30)51/h6,8-15,21,23,30H,4-5,7,17,19-20H2,1-3H3,(H,45,50,51)/t23-,30?/m0/s1. The van der Waals surface area contributed by atoms with Crippen molar-refractivity contribution in [1.82, 2.24) is 30.0 Å². The second kappa shape index (κ2) is 14.7. The maximum atomic E-state index is 13.3. The lowest BCUT2D eigenvalue weighted by Crippen LogP contribution is -2.54. The van der Waals surface area contributed by atoms with Gasteiger partial charge >= 0.3 is 0 Å². The van der Waals surface area contributed by atoms with Gasteiger partial charge in [-0.25, -0.2) is 4.98 Å². The zero-order valence-corrected chi connectivity index (χ0v) is 31.8. The van der Waals surface area contributed by atoms with Crippen LogP contribution in [0.25, 0.3) is 5.00 Å². The highest BCUT2D eigenvalue weighted by Crippen LogP contribution is 2.39. The van der Waals surface area contributed by atoms with Gasteiger partial charge in [0, 0.05) is 28.8 Å². The fourth-order valence-electron chi connectivity index (χ4n) is 7.08. The number of rotatable bonds is 8. The van der Waals surface area contributed by atoms with E-state index in [0.29, 0.717) is 29.5 Å². The number of piperidine rings is 1. The van der Waals surface area contributed by atoms with Crippen LogP contribution < -0.4 is 10.1 Å². The number of aryl methyl sites for hydroxylation is 2. The molecule has 3 aliphatic rings. The first-order valence-electron chi connectivity index (χ1n) is 17.9. The molecule has 12 nitrogen and oxygen atoms in total. The van der Waals surface area contributed by atoms with E-state index in [9.17, 15) is 19.2 Å². The lowest BCUT2D eigenvalue weighted by Gasteiger charge is -2.27. The summed E-state index contributed by atoms with van der Waals surface area (Å²) < 4.78 is 8.06. The number of imide groups is 2. The number of nitrogens with one attached hydrogen (secondary N) is 1. The van der Waals surface area contributed by atoms with Crippen molar-refractivity contribution >= 4 is 52.3 Å². The molecule has 0 bridgehead atoms. The van der Waals surface area contributed by atoms with E-state index in [1.807, 2.05) is 56.4 Å². The number of aliphatic imine (C=N–C) groups is 1. The van der Waals surface area contributed by atoms with Gasteiger partial charge in [0.25, 0.3) is 11.8 Å². The molecule has 1 N–H and O–H groups in total. The van der Waals surface area contributed by atoms with Crippen LogP contribution in [-0.4, -0.2) is 66.6 Å². The molecule has 6 heterocycles. The highest BCUT2D eigenvalue weighted by molar-refractivity contribution is 7.15. The lowest BCUT2D eigenvalue weighted by molar-refractivity contribution is -0.136. The second-order valence-corrected chi connectivity index (χ2v) is 15.0. The number of thiophene rings is 1. The molecule has 0 radical (unpaired) electrons. The number of carbonyl (C=O) groups is 4. The Balaban J connectivity index is 0.914. The molecule has 1 unspecified atom stereocenters. The van der Waals surface area contributed by atoms with Crippen LogP contribution >= 0.6 is 22.9 Å². The zero-order chi connectivity index (χ0) is 38.4. The summed E-state index contributed by atoms with van der Waals surface area (Å²) in [6, 6.07) is 15.3. The number of pyridine rings is 1. The first-order chi connectivity index (χ1) is 26.6. The van der Waals surface area contributed by atoms with E-state index < -0.39 is 29.7 Å². The van der Waals surface area contributed by atoms with Gasteiger partial charge in [0.05, 0.1) is 28.3 Å². The molecule has 2 aromatic carbocycles. The Bertz CT molecular complexity index is 2490. The molecular weight excluding hydrogens is 738 g/mol. The Morgan fingerprint density at radius 2 is 1.78 bits per heavy atom. The molecule has 4 amide bonds. The van der Waals surface area contributed by atoms with Crippen LogP contribution in [0.1, 0.15) is 104 Å². The maximum Gasteiger partial charge on any atom is 0.266 e. The first-order valence-corrected chi connectivity index (χ1v) is 19.1. The SMILES string of the molecule is Cc1c(C#Cc2ccc(CCCCOc3cccc4c3C(=O)N(C3CCC(=O)NC3=O)C4=O)cn2)sc2c1C(c1ccc(Cl)cc1)=N[C@@H](C)c1nnc(C)n1-2. The van der Waals surface area contributed by atoms with Crippen molar-refractivity contribution in [2.24, 2.45) is 4.99 Å². The molecule has 8 rings (SSSR count). The molecule has 2 atom stereocenters. The largest absolute Gasteiger partial charge is 0.493 e. The minimum atomic E-state index is -1.03.